The van der Waals surface area contributed by atoms with E-state index in [2.05, 4.69) is 79.6 Å². The molecule has 2 heterocycles. The molecule has 2 aromatic carbocycles. The monoisotopic (exact) mass is 416 g/mol. The number of carboxylic acids is 1. The summed E-state index contributed by atoms with van der Waals surface area (Å²) in [5, 5.41) is 10.6. The number of benzene rings is 2. The first-order chi connectivity index (χ1) is 14.7. The van der Waals surface area contributed by atoms with Crippen LogP contribution >= 0.6 is 0 Å². The highest BCUT2D eigenvalue weighted by Gasteiger charge is 2.33. The zero-order valence-electron chi connectivity index (χ0n) is 19.0. The summed E-state index contributed by atoms with van der Waals surface area (Å²) in [7, 11) is 0. The zero-order chi connectivity index (χ0) is 21.9. The van der Waals surface area contributed by atoms with E-state index in [0.717, 1.165) is 18.5 Å². The van der Waals surface area contributed by atoms with Gasteiger partial charge >= 0.3 is 5.97 Å². The average molecular weight is 417 g/mol. The van der Waals surface area contributed by atoms with Crippen molar-refractivity contribution in [1.29, 1.82) is 0 Å². The molecule has 0 spiro atoms. The Balaban J connectivity index is 1.62. The van der Waals surface area contributed by atoms with Crippen molar-refractivity contribution >= 4 is 22.6 Å². The zero-order valence-corrected chi connectivity index (χ0v) is 19.0. The highest BCUT2D eigenvalue weighted by Crippen LogP contribution is 2.42. The molecule has 4 nitrogen and oxygen atoms in total. The van der Waals surface area contributed by atoms with E-state index in [9.17, 15) is 9.90 Å². The maximum Gasteiger partial charge on any atom is 0.310 e. The van der Waals surface area contributed by atoms with Gasteiger partial charge in [0.1, 0.15) is 0 Å². The predicted octanol–water partition coefficient (Wildman–Crippen LogP) is 5.79. The largest absolute Gasteiger partial charge is 0.481 e. The number of hydrogen-bond acceptors (Lipinski definition) is 2. The first kappa shape index (κ1) is 20.2. The second kappa shape index (κ2) is 7.15. The molecule has 162 valence electrons. The Hall–Kier alpha value is -2.75. The molecule has 0 unspecified atom stereocenters. The molecule has 1 aliphatic carbocycles. The van der Waals surface area contributed by atoms with E-state index in [4.69, 9.17) is 0 Å². The molecule has 0 saturated carbocycles. The number of fused-ring (bicyclic) bond motifs is 3. The lowest BCUT2D eigenvalue weighted by Crippen LogP contribution is -2.50. The van der Waals surface area contributed by atoms with Gasteiger partial charge in [-0.2, -0.15) is 0 Å². The minimum absolute atomic E-state index is 0.250. The van der Waals surface area contributed by atoms with E-state index >= 15 is 0 Å². The third kappa shape index (κ3) is 3.42. The van der Waals surface area contributed by atoms with Crippen molar-refractivity contribution in [3.8, 4) is 5.69 Å². The lowest BCUT2D eigenvalue weighted by atomic mass is 9.76. The van der Waals surface area contributed by atoms with E-state index in [1.54, 1.807) is 0 Å². The topological polar surface area (TPSA) is 45.5 Å². The Bertz CT molecular complexity index is 1170. The molecule has 1 fully saturated rings. The summed E-state index contributed by atoms with van der Waals surface area (Å²) in [6, 6.07) is 15.6. The summed E-state index contributed by atoms with van der Waals surface area (Å²) >= 11 is 0. The molecule has 0 amide bonds. The van der Waals surface area contributed by atoms with Crippen LogP contribution in [-0.4, -0.2) is 28.7 Å². The molecule has 31 heavy (non-hydrogen) atoms. The molecule has 1 N–H and O–H groups in total. The third-order valence-electron chi connectivity index (χ3n) is 7.25. The lowest BCUT2D eigenvalue weighted by molar-refractivity contribution is -0.142. The van der Waals surface area contributed by atoms with Gasteiger partial charge in [-0.25, -0.2) is 0 Å². The summed E-state index contributed by atoms with van der Waals surface area (Å²) in [6.45, 7) is 10.5. The molecular formula is C27H32N2O2. The molecule has 3 aromatic rings. The van der Waals surface area contributed by atoms with Crippen LogP contribution in [0.5, 0.6) is 0 Å². The van der Waals surface area contributed by atoms with Crippen molar-refractivity contribution in [3.05, 3.63) is 59.3 Å². The predicted molar refractivity (Wildman–Crippen MR) is 127 cm³/mol. The molecule has 0 radical (unpaired) electrons. The fraction of sp³-hybridized carbons (Fsp3) is 0.444. The third-order valence-corrected chi connectivity index (χ3v) is 7.25. The molecule has 0 bridgehead atoms. The van der Waals surface area contributed by atoms with Crippen LogP contribution in [0.1, 0.15) is 56.9 Å². The molecule has 1 aromatic heterocycles. The molecule has 1 saturated heterocycles. The molecule has 4 heteroatoms. The molecular weight excluding hydrogens is 384 g/mol. The number of hydrogen-bond donors (Lipinski definition) is 1. The lowest BCUT2D eigenvalue weighted by Gasteiger charge is -2.38. The van der Waals surface area contributed by atoms with Crippen LogP contribution in [0.2, 0.25) is 0 Å². The van der Waals surface area contributed by atoms with Gasteiger partial charge in [0.15, 0.2) is 0 Å². The van der Waals surface area contributed by atoms with Crippen LogP contribution in [-0.2, 0) is 17.6 Å². The van der Waals surface area contributed by atoms with Gasteiger partial charge in [-0.1, -0.05) is 39.8 Å². The van der Waals surface area contributed by atoms with Gasteiger partial charge in [0, 0.05) is 35.5 Å². The number of aliphatic carboxylic acids is 1. The van der Waals surface area contributed by atoms with E-state index in [1.165, 1.54) is 39.8 Å². The van der Waals surface area contributed by atoms with E-state index in [-0.39, 0.29) is 5.92 Å². The van der Waals surface area contributed by atoms with Gasteiger partial charge in [-0.15, -0.1) is 0 Å². The second-order valence-electron chi connectivity index (χ2n) is 10.5. The van der Waals surface area contributed by atoms with Gasteiger partial charge in [0.05, 0.1) is 11.4 Å². The number of aromatic nitrogens is 1. The minimum Gasteiger partial charge on any atom is -0.481 e. The number of nitrogens with zero attached hydrogens (tertiary/aromatic N) is 2. The van der Waals surface area contributed by atoms with E-state index < -0.39 is 5.97 Å². The quantitative estimate of drug-likeness (QED) is 0.585. The highest BCUT2D eigenvalue weighted by molar-refractivity contribution is 5.89. The Morgan fingerprint density at radius 1 is 1.10 bits per heavy atom. The maximum atomic E-state index is 11.2. The fourth-order valence-corrected chi connectivity index (χ4v) is 5.24. The van der Waals surface area contributed by atoms with Crippen LogP contribution in [0.15, 0.2) is 42.5 Å². The van der Waals surface area contributed by atoms with Crippen molar-refractivity contribution in [1.82, 2.24) is 4.57 Å². The highest BCUT2D eigenvalue weighted by atomic mass is 16.4. The van der Waals surface area contributed by atoms with E-state index in [1.807, 2.05) is 0 Å². The molecule has 5 rings (SSSR count). The first-order valence-electron chi connectivity index (χ1n) is 11.5. The van der Waals surface area contributed by atoms with Crippen molar-refractivity contribution in [2.45, 2.75) is 52.9 Å². The number of anilines is 1. The van der Waals surface area contributed by atoms with Crippen molar-refractivity contribution in [2.75, 3.05) is 18.0 Å². The summed E-state index contributed by atoms with van der Waals surface area (Å²) < 4.78 is 2.46. The van der Waals surface area contributed by atoms with Crippen LogP contribution < -0.4 is 4.90 Å². The smallest absolute Gasteiger partial charge is 0.310 e. The van der Waals surface area contributed by atoms with Crippen LogP contribution in [0.4, 0.5) is 5.69 Å². The van der Waals surface area contributed by atoms with Gasteiger partial charge in [-0.05, 0) is 72.1 Å². The van der Waals surface area contributed by atoms with Gasteiger partial charge in [-0.3, -0.25) is 4.79 Å². The first-order valence-corrected chi connectivity index (χ1v) is 11.5. The minimum atomic E-state index is -0.693. The van der Waals surface area contributed by atoms with Crippen molar-refractivity contribution in [2.24, 2.45) is 11.3 Å². The second-order valence-corrected chi connectivity index (χ2v) is 10.5. The number of rotatable bonds is 4. The Morgan fingerprint density at radius 3 is 2.55 bits per heavy atom. The Labute approximate surface area is 184 Å². The van der Waals surface area contributed by atoms with Crippen LogP contribution in [0.3, 0.4) is 0 Å². The Kier molecular flexibility index (Phi) is 4.65. The van der Waals surface area contributed by atoms with Crippen LogP contribution in [0.25, 0.3) is 16.6 Å². The van der Waals surface area contributed by atoms with Gasteiger partial charge < -0.3 is 14.6 Å². The number of carboxylic acid groups (broad SMARTS) is 1. The fourth-order valence-electron chi connectivity index (χ4n) is 5.24. The van der Waals surface area contributed by atoms with Gasteiger partial charge in [0.2, 0.25) is 0 Å². The number of carbonyl (C=O) groups is 1. The maximum absolute atomic E-state index is 11.2. The molecule has 1 aliphatic heterocycles. The summed E-state index contributed by atoms with van der Waals surface area (Å²) in [5.41, 5.74) is 8.25. The standard InChI is InChI=1S/C27H32N2O2/c1-17(2)18-8-9-24-22(12-18)23-14-27(3,4)11-10-25(23)29(24)21-7-5-6-20(13-21)28-15-19(16-28)26(30)31/h5-9,12-13,17,19H,10-11,14-16H2,1-4H3,(H,30,31). The molecule has 0 atom stereocenters. The Morgan fingerprint density at radius 2 is 1.84 bits per heavy atom. The molecule has 2 aliphatic rings. The normalized spacial score (nSPS) is 18.3. The van der Waals surface area contributed by atoms with Crippen molar-refractivity contribution in [3.63, 3.8) is 0 Å². The average Bonchev–Trinajstić information content (AvgIpc) is 2.98. The van der Waals surface area contributed by atoms with E-state index in [0.29, 0.717) is 24.4 Å². The summed E-state index contributed by atoms with van der Waals surface area (Å²) in [5.74, 6) is -0.432. The summed E-state index contributed by atoms with van der Waals surface area (Å²) in [4.78, 5) is 13.4. The van der Waals surface area contributed by atoms with Crippen molar-refractivity contribution < 1.29 is 9.90 Å². The van der Waals surface area contributed by atoms with Crippen LogP contribution in [0, 0.1) is 11.3 Å². The summed E-state index contributed by atoms with van der Waals surface area (Å²) in [6.07, 6.45) is 3.39. The van der Waals surface area contributed by atoms with Gasteiger partial charge in [0.25, 0.3) is 0 Å². The SMILES string of the molecule is CC(C)c1ccc2c(c1)c1c(n2-c2cccc(N3CC(C(=O)O)C3)c2)CCC(C)(C)C1.